The van der Waals surface area contributed by atoms with Crippen LogP contribution in [0.25, 0.3) is 22.4 Å². The molecule has 3 unspecified atom stereocenters. The Morgan fingerprint density at radius 2 is 2.18 bits per heavy atom. The number of hydrogen-bond acceptors (Lipinski definition) is 7. The molecule has 0 fully saturated rings. The van der Waals surface area contributed by atoms with Crippen molar-refractivity contribution in [3.63, 3.8) is 0 Å². The first kappa shape index (κ1) is 21.1. The van der Waals surface area contributed by atoms with E-state index in [1.54, 1.807) is 42.5 Å². The molecule has 1 N–H and O–H groups in total. The van der Waals surface area contributed by atoms with E-state index in [1.807, 2.05) is 6.92 Å². The SMILES string of the molecule is CC[C@@]1(O)C(=O)OCc2c1cc1n(c2=O)Cc2c-1nc1c3c2C(OC)CSC=3C(C)C(F)C=1. The number of ether oxygens (including phenoxy) is 2. The fourth-order valence-electron chi connectivity index (χ4n) is 5.48. The third-order valence-corrected chi connectivity index (χ3v) is 8.78. The van der Waals surface area contributed by atoms with Gasteiger partial charge in [-0.25, -0.2) is 14.2 Å². The van der Waals surface area contributed by atoms with Crippen LogP contribution in [0.3, 0.4) is 0 Å². The lowest BCUT2D eigenvalue weighted by Gasteiger charge is -2.31. The number of cyclic esters (lactones) is 1. The maximum Gasteiger partial charge on any atom is 0.343 e. The van der Waals surface area contributed by atoms with Gasteiger partial charge in [0.15, 0.2) is 5.60 Å². The Morgan fingerprint density at radius 1 is 1.39 bits per heavy atom. The zero-order chi connectivity index (χ0) is 23.2. The molecule has 0 amide bonds. The highest BCUT2D eigenvalue weighted by Crippen LogP contribution is 2.42. The van der Waals surface area contributed by atoms with Gasteiger partial charge in [-0.3, -0.25) is 4.79 Å². The van der Waals surface area contributed by atoms with Crippen molar-refractivity contribution in [3.8, 4) is 11.4 Å². The van der Waals surface area contributed by atoms with Crippen molar-refractivity contribution in [2.24, 2.45) is 5.92 Å². The van der Waals surface area contributed by atoms with Gasteiger partial charge in [0, 0.05) is 40.0 Å². The van der Waals surface area contributed by atoms with Crippen LogP contribution in [-0.4, -0.2) is 39.7 Å². The number of carbonyl (C=O) groups is 1. The number of aliphatic hydroxyl groups is 1. The number of halogens is 1. The number of fused-ring (bicyclic) bond motifs is 5. The molecule has 0 bridgehead atoms. The van der Waals surface area contributed by atoms with Crippen LogP contribution in [-0.2, 0) is 33.0 Å². The Bertz CT molecular complexity index is 1430. The van der Waals surface area contributed by atoms with E-state index in [9.17, 15) is 19.1 Å². The van der Waals surface area contributed by atoms with Crippen LogP contribution in [0.15, 0.2) is 10.9 Å². The summed E-state index contributed by atoms with van der Waals surface area (Å²) >= 11 is 1.61. The van der Waals surface area contributed by atoms with Crippen molar-refractivity contribution in [1.82, 2.24) is 9.55 Å². The lowest BCUT2D eigenvalue weighted by atomic mass is 9.86. The quantitative estimate of drug-likeness (QED) is 0.564. The molecule has 6 rings (SSSR count). The summed E-state index contributed by atoms with van der Waals surface area (Å²) in [6, 6.07) is 1.68. The molecule has 5 heterocycles. The number of nitrogens with zero attached hydrogens (tertiary/aromatic N) is 2. The van der Waals surface area contributed by atoms with E-state index in [2.05, 4.69) is 0 Å². The number of hydrogen-bond donors (Lipinski definition) is 1. The van der Waals surface area contributed by atoms with Gasteiger partial charge in [0.25, 0.3) is 5.56 Å². The molecule has 1 aliphatic carbocycles. The van der Waals surface area contributed by atoms with E-state index >= 15 is 0 Å². The van der Waals surface area contributed by atoms with Crippen molar-refractivity contribution in [1.29, 1.82) is 0 Å². The topological polar surface area (TPSA) is 90.7 Å². The maximum atomic E-state index is 14.9. The van der Waals surface area contributed by atoms with Gasteiger partial charge in [-0.2, -0.15) is 0 Å². The number of thioether (sulfide) groups is 1. The lowest BCUT2D eigenvalue weighted by Crippen LogP contribution is -2.44. The third-order valence-electron chi connectivity index (χ3n) is 7.42. The summed E-state index contributed by atoms with van der Waals surface area (Å²) in [5.74, 6) is -0.363. The molecule has 33 heavy (non-hydrogen) atoms. The standard InChI is InChI=1S/C24H23FN2O5S/c1-4-24(30)13-5-16-20-11(7-27(16)22(28)12(13)8-32-23(24)29)18-17(31-3)9-33-21-10(2)14(25)6-15(26-20)19(18)21/h5-6,10,14,17,30H,4,7-9H2,1-3H3/t10?,14?,17?,24-/m0/s1. The van der Waals surface area contributed by atoms with Crippen molar-refractivity contribution >= 4 is 28.7 Å². The van der Waals surface area contributed by atoms with Crippen molar-refractivity contribution in [3.05, 3.63) is 49.2 Å². The second-order valence-electron chi connectivity index (χ2n) is 9.02. The van der Waals surface area contributed by atoms with Gasteiger partial charge in [0.2, 0.25) is 0 Å². The molecule has 0 spiro atoms. The van der Waals surface area contributed by atoms with E-state index < -0.39 is 17.7 Å². The maximum absolute atomic E-state index is 14.9. The van der Waals surface area contributed by atoms with Crippen LogP contribution in [0, 0.1) is 5.92 Å². The summed E-state index contributed by atoms with van der Waals surface area (Å²) in [4.78, 5) is 31.6. The summed E-state index contributed by atoms with van der Waals surface area (Å²) in [6.45, 7) is 3.68. The van der Waals surface area contributed by atoms with Crippen LogP contribution in [0.1, 0.15) is 48.6 Å². The summed E-state index contributed by atoms with van der Waals surface area (Å²) in [6.07, 6.45) is 0.265. The van der Waals surface area contributed by atoms with E-state index in [4.69, 9.17) is 14.5 Å². The smallest absolute Gasteiger partial charge is 0.343 e. The fraction of sp³-hybridized carbons (Fsp3) is 0.458. The molecular formula is C24H23FN2O5S. The van der Waals surface area contributed by atoms with E-state index in [1.165, 1.54) is 0 Å². The molecule has 7 nitrogen and oxygen atoms in total. The predicted octanol–water partition coefficient (Wildman–Crippen LogP) is 1.24. The van der Waals surface area contributed by atoms with Crippen LogP contribution in [0.2, 0.25) is 0 Å². The number of esters is 1. The number of methoxy groups -OCH3 is 1. The molecule has 9 heteroatoms. The first-order valence-electron chi connectivity index (χ1n) is 11.1. The molecule has 3 aliphatic heterocycles. The summed E-state index contributed by atoms with van der Waals surface area (Å²) in [5, 5.41) is 12.5. The predicted molar refractivity (Wildman–Crippen MR) is 120 cm³/mol. The molecule has 172 valence electrons. The van der Waals surface area contributed by atoms with Gasteiger partial charge in [-0.15, -0.1) is 11.8 Å². The van der Waals surface area contributed by atoms with Crippen LogP contribution in [0.4, 0.5) is 4.39 Å². The van der Waals surface area contributed by atoms with Crippen molar-refractivity contribution in [2.75, 3.05) is 12.9 Å². The van der Waals surface area contributed by atoms with E-state index in [-0.39, 0.29) is 41.7 Å². The molecule has 0 aromatic carbocycles. The number of aromatic nitrogens is 2. The summed E-state index contributed by atoms with van der Waals surface area (Å²) in [7, 11) is 1.65. The number of carbonyl (C=O) groups excluding carboxylic acids is 1. The molecule has 4 aliphatic rings. The van der Waals surface area contributed by atoms with Gasteiger partial charge in [-0.05, 0) is 24.1 Å². The highest BCUT2D eigenvalue weighted by atomic mass is 32.2. The van der Waals surface area contributed by atoms with Crippen LogP contribution >= 0.6 is 11.8 Å². The zero-order valence-corrected chi connectivity index (χ0v) is 19.3. The van der Waals surface area contributed by atoms with Crippen molar-refractivity contribution < 1.29 is 23.8 Å². The Morgan fingerprint density at radius 3 is 2.91 bits per heavy atom. The summed E-state index contributed by atoms with van der Waals surface area (Å²) in [5.41, 5.74) is 1.29. The molecule has 0 saturated heterocycles. The highest BCUT2D eigenvalue weighted by molar-refractivity contribution is 8.08. The minimum atomic E-state index is -1.88. The molecule has 0 saturated carbocycles. The second-order valence-corrected chi connectivity index (χ2v) is 10.1. The Balaban J connectivity index is 1.69. The van der Waals surface area contributed by atoms with Crippen LogP contribution < -0.4 is 16.1 Å². The highest BCUT2D eigenvalue weighted by Gasteiger charge is 2.46. The molecule has 4 atom stereocenters. The van der Waals surface area contributed by atoms with Crippen LogP contribution in [0.5, 0.6) is 0 Å². The molecule has 2 aromatic rings. The number of rotatable bonds is 2. The number of alkyl halides is 1. The van der Waals surface area contributed by atoms with E-state index in [0.717, 1.165) is 21.3 Å². The normalized spacial score (nSPS) is 28.9. The van der Waals surface area contributed by atoms with Gasteiger partial charge in [-0.1, -0.05) is 13.8 Å². The minimum absolute atomic E-state index is 0.0773. The largest absolute Gasteiger partial charge is 0.458 e. The first-order valence-corrected chi connectivity index (χ1v) is 12.0. The Hall–Kier alpha value is -2.49. The molecular weight excluding hydrogens is 447 g/mol. The first-order chi connectivity index (χ1) is 15.8. The Kier molecular flexibility index (Phi) is 4.47. The zero-order valence-electron chi connectivity index (χ0n) is 18.5. The molecule has 0 radical (unpaired) electrons. The van der Waals surface area contributed by atoms with Gasteiger partial charge < -0.3 is 19.1 Å². The number of pyridine rings is 2. The van der Waals surface area contributed by atoms with E-state index in [0.29, 0.717) is 29.0 Å². The average Bonchev–Trinajstić information content (AvgIpc) is 3.18. The van der Waals surface area contributed by atoms with Gasteiger partial charge >= 0.3 is 5.97 Å². The fourth-order valence-corrected chi connectivity index (χ4v) is 6.87. The lowest BCUT2D eigenvalue weighted by molar-refractivity contribution is -0.172. The monoisotopic (exact) mass is 470 g/mol. The van der Waals surface area contributed by atoms with Gasteiger partial charge in [0.1, 0.15) is 12.8 Å². The summed E-state index contributed by atoms with van der Waals surface area (Å²) < 4.78 is 27.4. The van der Waals surface area contributed by atoms with Gasteiger partial charge in [0.05, 0.1) is 34.9 Å². The minimum Gasteiger partial charge on any atom is -0.458 e. The second kappa shape index (κ2) is 7.01. The average molecular weight is 471 g/mol. The third kappa shape index (κ3) is 2.61. The Labute approximate surface area is 192 Å². The van der Waals surface area contributed by atoms with Crippen molar-refractivity contribution in [2.45, 2.75) is 51.3 Å². The molecule has 2 aromatic heterocycles.